The summed E-state index contributed by atoms with van der Waals surface area (Å²) in [6, 6.07) is 6.87. The van der Waals surface area contributed by atoms with Gasteiger partial charge in [0.15, 0.2) is 0 Å². The number of benzene rings is 2. The molecule has 6 nitrogen and oxygen atoms in total. The number of alkyl halides is 3. The maximum absolute atomic E-state index is 12.9. The number of hydrogen-bond acceptors (Lipinski definition) is 4. The lowest BCUT2D eigenvalue weighted by molar-refractivity contribution is -0.385. The van der Waals surface area contributed by atoms with Crippen molar-refractivity contribution in [2.24, 2.45) is 0 Å². The third-order valence-corrected chi connectivity index (χ3v) is 3.72. The summed E-state index contributed by atoms with van der Waals surface area (Å²) in [6.45, 7) is 1.52. The van der Waals surface area contributed by atoms with Gasteiger partial charge in [0.1, 0.15) is 0 Å². The molecule has 2 aromatic carbocycles. The maximum atomic E-state index is 12.9. The van der Waals surface area contributed by atoms with Gasteiger partial charge in [0, 0.05) is 31.3 Å². The Kier molecular flexibility index (Phi) is 5.20. The summed E-state index contributed by atoms with van der Waals surface area (Å²) in [4.78, 5) is 24.3. The van der Waals surface area contributed by atoms with E-state index in [0.717, 1.165) is 18.2 Å². The fourth-order valence-corrected chi connectivity index (χ4v) is 2.34. The molecule has 0 fully saturated rings. The Morgan fingerprint density at radius 3 is 2.35 bits per heavy atom. The number of nitro benzene ring substituents is 1. The van der Waals surface area contributed by atoms with Crippen molar-refractivity contribution in [2.45, 2.75) is 13.1 Å². The third-order valence-electron chi connectivity index (χ3n) is 3.72. The number of anilines is 2. The highest BCUT2D eigenvalue weighted by Gasteiger charge is 2.31. The number of amides is 1. The molecule has 0 aliphatic rings. The zero-order valence-corrected chi connectivity index (χ0v) is 14.2. The van der Waals surface area contributed by atoms with E-state index in [-0.39, 0.29) is 16.9 Å². The summed E-state index contributed by atoms with van der Waals surface area (Å²) in [5.74, 6) is -0.740. The maximum Gasteiger partial charge on any atom is 0.416 e. The number of nitrogens with one attached hydrogen (secondary N) is 1. The molecule has 0 aliphatic heterocycles. The third kappa shape index (κ3) is 4.11. The first kappa shape index (κ1) is 19.2. The van der Waals surface area contributed by atoms with Crippen LogP contribution in [0.3, 0.4) is 0 Å². The predicted octanol–water partition coefficient (Wildman–Crippen LogP) is 4.24. The summed E-state index contributed by atoms with van der Waals surface area (Å²) in [7, 11) is 3.24. The van der Waals surface area contributed by atoms with E-state index in [4.69, 9.17) is 0 Å². The Bertz CT molecular complexity index is 864. The van der Waals surface area contributed by atoms with Gasteiger partial charge in [-0.1, -0.05) is 6.07 Å². The number of halogens is 3. The fraction of sp³-hybridized carbons (Fsp3) is 0.235. The lowest BCUT2D eigenvalue weighted by atomic mass is 10.1. The topological polar surface area (TPSA) is 75.5 Å². The quantitative estimate of drug-likeness (QED) is 0.648. The van der Waals surface area contributed by atoms with Crippen molar-refractivity contribution in [3.63, 3.8) is 0 Å². The minimum absolute atomic E-state index is 0.0237. The lowest BCUT2D eigenvalue weighted by Gasteiger charge is -2.20. The van der Waals surface area contributed by atoms with Crippen molar-refractivity contribution in [1.29, 1.82) is 0 Å². The first-order valence-electron chi connectivity index (χ1n) is 7.45. The minimum Gasteiger partial charge on any atom is -0.376 e. The molecule has 0 aliphatic carbocycles. The van der Waals surface area contributed by atoms with Crippen molar-refractivity contribution >= 4 is 23.0 Å². The molecule has 0 bridgehead atoms. The zero-order chi connectivity index (χ0) is 19.6. The van der Waals surface area contributed by atoms with Crippen LogP contribution < -0.4 is 10.2 Å². The number of nitro groups is 1. The molecule has 0 saturated heterocycles. The van der Waals surface area contributed by atoms with Gasteiger partial charge in [0.2, 0.25) is 0 Å². The average Bonchev–Trinajstić information content (AvgIpc) is 2.53. The highest BCUT2D eigenvalue weighted by Crippen LogP contribution is 2.35. The molecule has 138 valence electrons. The molecule has 0 unspecified atom stereocenters. The standard InChI is InChI=1S/C17H16F3N3O3/c1-10-4-5-11(8-15(10)23(25)26)16(24)21-13-9-12(17(18,19)20)6-7-14(13)22(2)3/h4-9H,1-3H3,(H,21,24). The highest BCUT2D eigenvalue weighted by molar-refractivity contribution is 6.06. The lowest BCUT2D eigenvalue weighted by Crippen LogP contribution is -2.18. The van der Waals surface area contributed by atoms with E-state index in [1.165, 1.54) is 25.1 Å². The van der Waals surface area contributed by atoms with Crippen LogP contribution in [-0.2, 0) is 6.18 Å². The first-order valence-corrected chi connectivity index (χ1v) is 7.45. The molecule has 0 spiro atoms. The second-order valence-corrected chi connectivity index (χ2v) is 5.84. The molecule has 2 aromatic rings. The van der Waals surface area contributed by atoms with Gasteiger partial charge < -0.3 is 10.2 Å². The van der Waals surface area contributed by atoms with Gasteiger partial charge in [-0.15, -0.1) is 0 Å². The largest absolute Gasteiger partial charge is 0.416 e. The summed E-state index contributed by atoms with van der Waals surface area (Å²) < 4.78 is 38.8. The SMILES string of the molecule is Cc1ccc(C(=O)Nc2cc(C(F)(F)F)ccc2N(C)C)cc1[N+](=O)[O-]. The van der Waals surface area contributed by atoms with E-state index in [0.29, 0.717) is 11.3 Å². The summed E-state index contributed by atoms with van der Waals surface area (Å²) in [5, 5.41) is 13.4. The van der Waals surface area contributed by atoms with Crippen molar-refractivity contribution < 1.29 is 22.9 Å². The Morgan fingerprint density at radius 1 is 1.15 bits per heavy atom. The molecule has 0 atom stereocenters. The molecule has 1 amide bonds. The van der Waals surface area contributed by atoms with E-state index in [1.807, 2.05) is 0 Å². The van der Waals surface area contributed by atoms with E-state index in [1.54, 1.807) is 19.0 Å². The van der Waals surface area contributed by atoms with Gasteiger partial charge in [-0.25, -0.2) is 0 Å². The number of hydrogen-bond donors (Lipinski definition) is 1. The normalized spacial score (nSPS) is 11.2. The van der Waals surface area contributed by atoms with Crippen LogP contribution in [0.4, 0.5) is 30.2 Å². The predicted molar refractivity (Wildman–Crippen MR) is 91.6 cm³/mol. The van der Waals surface area contributed by atoms with Gasteiger partial charge in [-0.2, -0.15) is 13.2 Å². The highest BCUT2D eigenvalue weighted by atomic mass is 19.4. The average molecular weight is 367 g/mol. The van der Waals surface area contributed by atoms with Gasteiger partial charge >= 0.3 is 6.18 Å². The van der Waals surface area contributed by atoms with E-state index in [9.17, 15) is 28.1 Å². The molecular weight excluding hydrogens is 351 g/mol. The molecule has 1 N–H and O–H groups in total. The van der Waals surface area contributed by atoms with Crippen LogP contribution in [0.1, 0.15) is 21.5 Å². The molecule has 2 rings (SSSR count). The molecular formula is C17H16F3N3O3. The number of carbonyl (C=O) groups is 1. The Morgan fingerprint density at radius 2 is 1.81 bits per heavy atom. The van der Waals surface area contributed by atoms with Crippen LogP contribution in [-0.4, -0.2) is 24.9 Å². The molecule has 26 heavy (non-hydrogen) atoms. The fourth-order valence-electron chi connectivity index (χ4n) is 2.34. The summed E-state index contributed by atoms with van der Waals surface area (Å²) in [5.41, 5.74) is -0.474. The minimum atomic E-state index is -4.56. The van der Waals surface area contributed by atoms with E-state index in [2.05, 4.69) is 5.32 Å². The molecule has 0 heterocycles. The van der Waals surface area contributed by atoms with Crippen molar-refractivity contribution in [3.05, 3.63) is 63.2 Å². The summed E-state index contributed by atoms with van der Waals surface area (Å²) >= 11 is 0. The number of nitrogens with zero attached hydrogens (tertiary/aromatic N) is 2. The van der Waals surface area contributed by atoms with E-state index >= 15 is 0 Å². The second kappa shape index (κ2) is 7.03. The summed E-state index contributed by atoms with van der Waals surface area (Å²) in [6.07, 6.45) is -4.56. The van der Waals surface area contributed by atoms with Crippen LogP contribution in [0.15, 0.2) is 36.4 Å². The van der Waals surface area contributed by atoms with Gasteiger partial charge in [-0.05, 0) is 31.2 Å². The molecule has 0 radical (unpaired) electrons. The second-order valence-electron chi connectivity index (χ2n) is 5.84. The Hall–Kier alpha value is -3.10. The van der Waals surface area contributed by atoms with Crippen LogP contribution in [0.2, 0.25) is 0 Å². The number of carbonyl (C=O) groups excluding carboxylic acids is 1. The Balaban J connectivity index is 2.42. The van der Waals surface area contributed by atoms with Crippen LogP contribution in [0.5, 0.6) is 0 Å². The van der Waals surface area contributed by atoms with Crippen LogP contribution in [0.25, 0.3) is 0 Å². The Labute approximate surface area is 147 Å². The zero-order valence-electron chi connectivity index (χ0n) is 14.2. The van der Waals surface area contributed by atoms with Crippen LogP contribution in [0, 0.1) is 17.0 Å². The monoisotopic (exact) mass is 367 g/mol. The van der Waals surface area contributed by atoms with Gasteiger partial charge in [0.25, 0.3) is 11.6 Å². The molecule has 9 heteroatoms. The first-order chi connectivity index (χ1) is 12.0. The number of aryl methyl sites for hydroxylation is 1. The molecule has 0 saturated carbocycles. The smallest absolute Gasteiger partial charge is 0.376 e. The van der Waals surface area contributed by atoms with Crippen molar-refractivity contribution in [1.82, 2.24) is 0 Å². The van der Waals surface area contributed by atoms with Crippen molar-refractivity contribution in [2.75, 3.05) is 24.3 Å². The van der Waals surface area contributed by atoms with E-state index < -0.39 is 22.6 Å². The van der Waals surface area contributed by atoms with Crippen molar-refractivity contribution in [3.8, 4) is 0 Å². The van der Waals surface area contributed by atoms with Gasteiger partial charge in [0.05, 0.1) is 21.9 Å². The molecule has 0 aromatic heterocycles. The van der Waals surface area contributed by atoms with Crippen LogP contribution >= 0.6 is 0 Å². The van der Waals surface area contributed by atoms with Gasteiger partial charge in [-0.3, -0.25) is 14.9 Å². The number of rotatable bonds is 4.